The number of hydrogen-bond donors (Lipinski definition) is 2. The second-order valence-corrected chi connectivity index (χ2v) is 6.21. The molecule has 1 saturated heterocycles. The van der Waals surface area contributed by atoms with Crippen molar-refractivity contribution in [3.8, 4) is 0 Å². The summed E-state index contributed by atoms with van der Waals surface area (Å²) in [6, 6.07) is 4.61. The summed E-state index contributed by atoms with van der Waals surface area (Å²) >= 11 is 0. The number of β-amino-alcohol motifs (C(OH)–C–C–N with tert-alkyl or cyclic N) is 1. The van der Waals surface area contributed by atoms with E-state index >= 15 is 0 Å². The van der Waals surface area contributed by atoms with Crippen molar-refractivity contribution in [3.63, 3.8) is 0 Å². The summed E-state index contributed by atoms with van der Waals surface area (Å²) in [7, 11) is 4.17. The molecule has 1 aliphatic rings. The molecule has 1 fully saturated rings. The van der Waals surface area contributed by atoms with Gasteiger partial charge in [-0.05, 0) is 44.6 Å². The van der Waals surface area contributed by atoms with Crippen LogP contribution in [0.5, 0.6) is 0 Å². The van der Waals surface area contributed by atoms with E-state index in [9.17, 15) is 5.11 Å². The number of nitrogens with zero attached hydrogens (tertiary/aromatic N) is 3. The number of likely N-dealkylation sites (N-methyl/N-ethyl adjacent to an activating group) is 1. The predicted octanol–water partition coefficient (Wildman–Crippen LogP) is 1.40. The van der Waals surface area contributed by atoms with Crippen molar-refractivity contribution in [2.45, 2.75) is 38.5 Å². The molecule has 2 heterocycles. The maximum Gasteiger partial charge on any atom is 0.126 e. The van der Waals surface area contributed by atoms with Crippen LogP contribution in [-0.2, 0) is 6.54 Å². The highest BCUT2D eigenvalue weighted by Gasteiger charge is 2.30. The van der Waals surface area contributed by atoms with E-state index in [2.05, 4.69) is 53.3 Å². The Kier molecular flexibility index (Phi) is 5.96. The van der Waals surface area contributed by atoms with Crippen molar-refractivity contribution < 1.29 is 5.11 Å². The normalized spacial score (nSPS) is 22.9. The zero-order valence-corrected chi connectivity index (χ0v) is 13.4. The number of anilines is 1. The summed E-state index contributed by atoms with van der Waals surface area (Å²) in [6.07, 6.45) is 3.62. The Morgan fingerprint density at radius 2 is 2.29 bits per heavy atom. The molecule has 2 atom stereocenters. The number of nitrogens with one attached hydrogen (secondary N) is 1. The van der Waals surface area contributed by atoms with Crippen LogP contribution < -0.4 is 5.32 Å². The summed E-state index contributed by atoms with van der Waals surface area (Å²) in [4.78, 5) is 8.92. The minimum absolute atomic E-state index is 0.200. The molecular formula is C16H28N4O. The molecular weight excluding hydrogens is 264 g/mol. The second kappa shape index (κ2) is 7.73. The molecule has 0 radical (unpaired) electrons. The van der Waals surface area contributed by atoms with Crippen molar-refractivity contribution in [3.05, 3.63) is 23.9 Å². The van der Waals surface area contributed by atoms with Crippen LogP contribution in [-0.4, -0.2) is 65.8 Å². The Morgan fingerprint density at radius 1 is 1.48 bits per heavy atom. The molecule has 2 N–H and O–H groups in total. The Labute approximate surface area is 128 Å². The van der Waals surface area contributed by atoms with Gasteiger partial charge in [0.15, 0.2) is 0 Å². The fourth-order valence-electron chi connectivity index (χ4n) is 2.92. The van der Waals surface area contributed by atoms with Crippen molar-refractivity contribution in [1.29, 1.82) is 0 Å². The monoisotopic (exact) mass is 292 g/mol. The molecule has 1 aliphatic heterocycles. The molecule has 0 aliphatic carbocycles. The summed E-state index contributed by atoms with van der Waals surface area (Å²) in [5.41, 5.74) is 1.25. The third-order valence-electron chi connectivity index (χ3n) is 3.85. The van der Waals surface area contributed by atoms with Gasteiger partial charge in [0, 0.05) is 38.4 Å². The van der Waals surface area contributed by atoms with Gasteiger partial charge in [-0.25, -0.2) is 4.98 Å². The summed E-state index contributed by atoms with van der Waals surface area (Å²) < 4.78 is 0. The van der Waals surface area contributed by atoms with E-state index in [1.165, 1.54) is 5.56 Å². The predicted molar refractivity (Wildman–Crippen MR) is 86.4 cm³/mol. The lowest BCUT2D eigenvalue weighted by Crippen LogP contribution is -2.37. The van der Waals surface area contributed by atoms with Crippen LogP contribution in [0.1, 0.15) is 25.3 Å². The molecule has 21 heavy (non-hydrogen) atoms. The maximum atomic E-state index is 9.95. The molecule has 0 amide bonds. The zero-order valence-electron chi connectivity index (χ0n) is 13.4. The molecule has 1 aromatic heterocycles. The first-order chi connectivity index (χ1) is 10.1. The van der Waals surface area contributed by atoms with Gasteiger partial charge in [0.05, 0.1) is 6.10 Å². The molecule has 0 spiro atoms. The van der Waals surface area contributed by atoms with Crippen molar-refractivity contribution in [2.24, 2.45) is 0 Å². The minimum atomic E-state index is -0.200. The van der Waals surface area contributed by atoms with Gasteiger partial charge in [0.2, 0.25) is 0 Å². The minimum Gasteiger partial charge on any atom is -0.392 e. The van der Waals surface area contributed by atoms with E-state index in [0.29, 0.717) is 6.04 Å². The highest BCUT2D eigenvalue weighted by atomic mass is 16.3. The molecule has 2 rings (SSSR count). The quantitative estimate of drug-likeness (QED) is 0.795. The average molecular weight is 292 g/mol. The summed E-state index contributed by atoms with van der Waals surface area (Å²) in [6.45, 7) is 5.72. The second-order valence-electron chi connectivity index (χ2n) is 6.21. The van der Waals surface area contributed by atoms with Gasteiger partial charge in [-0.2, -0.15) is 0 Å². The third kappa shape index (κ3) is 4.95. The fourth-order valence-corrected chi connectivity index (χ4v) is 2.92. The molecule has 1 aromatic rings. The van der Waals surface area contributed by atoms with Crippen LogP contribution >= 0.6 is 0 Å². The van der Waals surface area contributed by atoms with Crippen LogP contribution in [0, 0.1) is 0 Å². The zero-order chi connectivity index (χ0) is 15.2. The van der Waals surface area contributed by atoms with Crippen LogP contribution in [0.4, 0.5) is 5.82 Å². The van der Waals surface area contributed by atoms with Gasteiger partial charge in [0.1, 0.15) is 5.82 Å². The Hall–Kier alpha value is -1.17. The van der Waals surface area contributed by atoms with Gasteiger partial charge < -0.3 is 15.3 Å². The SMILES string of the molecule is CCCNc1cc(CN2CC(O)CC2CN(C)C)ccn1. The van der Waals surface area contributed by atoms with Gasteiger partial charge in [-0.15, -0.1) is 0 Å². The van der Waals surface area contributed by atoms with E-state index < -0.39 is 0 Å². The van der Waals surface area contributed by atoms with E-state index in [-0.39, 0.29) is 6.10 Å². The molecule has 118 valence electrons. The van der Waals surface area contributed by atoms with Crippen LogP contribution in [0.25, 0.3) is 0 Å². The molecule has 5 nitrogen and oxygen atoms in total. The van der Waals surface area contributed by atoms with Gasteiger partial charge >= 0.3 is 0 Å². The van der Waals surface area contributed by atoms with Crippen LogP contribution in [0.2, 0.25) is 0 Å². The number of aliphatic hydroxyl groups is 1. The first-order valence-electron chi connectivity index (χ1n) is 7.84. The summed E-state index contributed by atoms with van der Waals surface area (Å²) in [5, 5.41) is 13.3. The number of aromatic nitrogens is 1. The highest BCUT2D eigenvalue weighted by molar-refractivity contribution is 5.37. The van der Waals surface area contributed by atoms with E-state index in [4.69, 9.17) is 0 Å². The fraction of sp³-hybridized carbons (Fsp3) is 0.688. The molecule has 5 heteroatoms. The van der Waals surface area contributed by atoms with E-state index in [0.717, 1.165) is 44.8 Å². The van der Waals surface area contributed by atoms with Crippen molar-refractivity contribution in [1.82, 2.24) is 14.8 Å². The lowest BCUT2D eigenvalue weighted by atomic mass is 10.2. The largest absolute Gasteiger partial charge is 0.392 e. The topological polar surface area (TPSA) is 51.6 Å². The number of pyridine rings is 1. The molecule has 2 unspecified atom stereocenters. The van der Waals surface area contributed by atoms with Gasteiger partial charge in [0.25, 0.3) is 0 Å². The van der Waals surface area contributed by atoms with Gasteiger partial charge in [-0.3, -0.25) is 4.90 Å². The first-order valence-corrected chi connectivity index (χ1v) is 7.84. The van der Waals surface area contributed by atoms with Crippen LogP contribution in [0.15, 0.2) is 18.3 Å². The standard InChI is InChI=1S/C16H28N4O/c1-4-6-17-16-8-13(5-7-18-16)10-20-12-15(21)9-14(20)11-19(2)3/h5,7-8,14-15,21H,4,6,9-12H2,1-3H3,(H,17,18). The van der Waals surface area contributed by atoms with Crippen LogP contribution in [0.3, 0.4) is 0 Å². The Bertz CT molecular complexity index is 438. The molecule has 0 aromatic carbocycles. The van der Waals surface area contributed by atoms with E-state index in [1.807, 2.05) is 6.20 Å². The number of aliphatic hydroxyl groups excluding tert-OH is 1. The van der Waals surface area contributed by atoms with Crippen molar-refractivity contribution >= 4 is 5.82 Å². The van der Waals surface area contributed by atoms with Crippen molar-refractivity contribution in [2.75, 3.05) is 39.0 Å². The van der Waals surface area contributed by atoms with Gasteiger partial charge in [-0.1, -0.05) is 6.92 Å². The lowest BCUT2D eigenvalue weighted by molar-refractivity contribution is 0.169. The van der Waals surface area contributed by atoms with E-state index in [1.54, 1.807) is 0 Å². The lowest BCUT2D eigenvalue weighted by Gasteiger charge is -2.26. The molecule has 0 saturated carbocycles. The average Bonchev–Trinajstić information content (AvgIpc) is 2.76. The number of likely N-dealkylation sites (tertiary alicyclic amines) is 1. The molecule has 0 bridgehead atoms. The highest BCUT2D eigenvalue weighted by Crippen LogP contribution is 2.21. The summed E-state index contributed by atoms with van der Waals surface area (Å²) in [5.74, 6) is 0.943. The number of rotatable bonds is 7. The number of hydrogen-bond acceptors (Lipinski definition) is 5. The Balaban J connectivity index is 1.99. The first kappa shape index (κ1) is 16.2. The Morgan fingerprint density at radius 3 is 3.00 bits per heavy atom. The maximum absolute atomic E-state index is 9.95. The third-order valence-corrected chi connectivity index (χ3v) is 3.85. The smallest absolute Gasteiger partial charge is 0.126 e.